The van der Waals surface area contributed by atoms with Crippen molar-refractivity contribution in [3.63, 3.8) is 0 Å². The summed E-state index contributed by atoms with van der Waals surface area (Å²) < 4.78 is 33.1. The van der Waals surface area contributed by atoms with Crippen LogP contribution in [-0.4, -0.2) is 27.0 Å². The third-order valence-corrected chi connectivity index (χ3v) is 6.78. The second-order valence-corrected chi connectivity index (χ2v) is 9.51. The first-order valence-corrected chi connectivity index (χ1v) is 11.6. The van der Waals surface area contributed by atoms with Crippen molar-refractivity contribution in [2.45, 2.75) is 58.5 Å². The lowest BCUT2D eigenvalue weighted by atomic mass is 9.96. The molecule has 0 unspecified atom stereocenters. The topological polar surface area (TPSA) is 84.5 Å². The van der Waals surface area contributed by atoms with Crippen LogP contribution in [0.25, 0.3) is 0 Å². The molecule has 2 aromatic rings. The number of nitrogens with one attached hydrogen (secondary N) is 2. The number of amides is 1. The summed E-state index contributed by atoms with van der Waals surface area (Å²) in [4.78, 5) is 12.6. The summed E-state index contributed by atoms with van der Waals surface area (Å²) in [6, 6.07) is 7.10. The first kappa shape index (κ1) is 24.2. The van der Waals surface area contributed by atoms with Crippen molar-refractivity contribution in [1.82, 2.24) is 10.0 Å². The maximum Gasteiger partial charge on any atom is 0.241 e. The van der Waals surface area contributed by atoms with Gasteiger partial charge in [0, 0.05) is 0 Å². The third-order valence-electron chi connectivity index (χ3n) is 4.95. The van der Waals surface area contributed by atoms with E-state index in [1.165, 1.54) is 30.7 Å². The van der Waals surface area contributed by atoms with Crippen LogP contribution in [0.15, 0.2) is 35.2 Å². The van der Waals surface area contributed by atoms with Gasteiger partial charge in [-0.05, 0) is 82.0 Å². The van der Waals surface area contributed by atoms with Crippen molar-refractivity contribution < 1.29 is 17.9 Å². The number of ether oxygens (including phenoxy) is 1. The van der Waals surface area contributed by atoms with E-state index in [-0.39, 0.29) is 16.0 Å². The Labute approximate surface area is 184 Å². The molecule has 0 bridgehead atoms. The highest BCUT2D eigenvalue weighted by Crippen LogP contribution is 2.27. The van der Waals surface area contributed by atoms with Gasteiger partial charge < -0.3 is 10.1 Å². The van der Waals surface area contributed by atoms with Gasteiger partial charge in [-0.15, -0.1) is 0 Å². The lowest BCUT2D eigenvalue weighted by Crippen LogP contribution is -2.45. The van der Waals surface area contributed by atoms with Gasteiger partial charge in [0.15, 0.2) is 0 Å². The summed E-state index contributed by atoms with van der Waals surface area (Å²) in [6.45, 7) is 11.7. The molecule has 0 aromatic heterocycles. The molecule has 0 spiro atoms. The highest BCUT2D eigenvalue weighted by Gasteiger charge is 2.24. The van der Waals surface area contributed by atoms with E-state index < -0.39 is 22.0 Å². The van der Waals surface area contributed by atoms with Crippen LogP contribution in [0.4, 0.5) is 0 Å². The summed E-state index contributed by atoms with van der Waals surface area (Å²) >= 11 is 6.09. The van der Waals surface area contributed by atoms with Gasteiger partial charge >= 0.3 is 0 Å². The van der Waals surface area contributed by atoms with Gasteiger partial charge in [0.1, 0.15) is 5.75 Å². The highest BCUT2D eigenvalue weighted by atomic mass is 35.5. The van der Waals surface area contributed by atoms with Crippen LogP contribution in [0.3, 0.4) is 0 Å². The molecule has 0 heterocycles. The van der Waals surface area contributed by atoms with Gasteiger partial charge in [-0.1, -0.05) is 23.7 Å². The maximum absolute atomic E-state index is 12.7. The smallest absolute Gasteiger partial charge is 0.241 e. The lowest BCUT2D eigenvalue weighted by Gasteiger charge is -2.21. The molecule has 0 aliphatic rings. The fourth-order valence-corrected chi connectivity index (χ4v) is 4.67. The van der Waals surface area contributed by atoms with Crippen molar-refractivity contribution in [2.24, 2.45) is 0 Å². The van der Waals surface area contributed by atoms with Crippen molar-refractivity contribution >= 4 is 27.5 Å². The summed E-state index contributed by atoms with van der Waals surface area (Å²) in [7, 11) is -3.93. The van der Waals surface area contributed by atoms with Gasteiger partial charge in [-0.25, -0.2) is 8.42 Å². The minimum absolute atomic E-state index is 0.0337. The summed E-state index contributed by atoms with van der Waals surface area (Å²) in [5.74, 6) is -0.0118. The molecule has 2 aromatic carbocycles. The van der Waals surface area contributed by atoms with E-state index in [0.717, 1.165) is 16.7 Å². The van der Waals surface area contributed by atoms with E-state index in [4.69, 9.17) is 16.3 Å². The normalized spacial score (nSPS) is 13.6. The zero-order chi connectivity index (χ0) is 22.6. The predicted molar refractivity (Wildman–Crippen MR) is 120 cm³/mol. The van der Waals surface area contributed by atoms with E-state index in [9.17, 15) is 13.2 Å². The number of rotatable bonds is 8. The summed E-state index contributed by atoms with van der Waals surface area (Å²) in [6.07, 6.45) is 0. The molecule has 0 saturated carbocycles. The lowest BCUT2D eigenvalue weighted by molar-refractivity contribution is -0.123. The Hall–Kier alpha value is -2.09. The van der Waals surface area contributed by atoms with Gasteiger partial charge in [-0.3, -0.25) is 4.79 Å². The number of sulfonamides is 1. The Kier molecular flexibility index (Phi) is 7.91. The zero-order valence-electron chi connectivity index (χ0n) is 18.2. The fraction of sp³-hybridized carbons (Fsp3) is 0.409. The molecule has 0 fully saturated rings. The Morgan fingerprint density at radius 2 is 1.70 bits per heavy atom. The van der Waals surface area contributed by atoms with Crippen LogP contribution in [0.1, 0.15) is 49.1 Å². The molecule has 2 rings (SSSR count). The number of hydrogen-bond donors (Lipinski definition) is 2. The second-order valence-electron chi connectivity index (χ2n) is 7.39. The van der Waals surface area contributed by atoms with E-state index in [0.29, 0.717) is 12.4 Å². The SMILES string of the molecule is CCOc1ccc(S(=O)(=O)N[C@H](C)C(=O)N[C@@H](C)c2cc(C)c(C)cc2C)cc1Cl. The first-order chi connectivity index (χ1) is 14.0. The first-order valence-electron chi connectivity index (χ1n) is 9.79. The standard InChI is InChI=1S/C22H29ClN2O4S/c1-7-29-21-9-8-18(12-20(21)23)30(27,28)25-17(6)22(26)24-16(5)19-11-14(3)13(2)10-15(19)4/h8-12,16-17,25H,7H2,1-6H3,(H,24,26)/t16-,17+/m0/s1. The number of carbonyl (C=O) groups is 1. The number of carbonyl (C=O) groups excluding carboxylic acids is 1. The van der Waals surface area contributed by atoms with E-state index >= 15 is 0 Å². The minimum Gasteiger partial charge on any atom is -0.492 e. The van der Waals surface area contributed by atoms with Crippen molar-refractivity contribution in [3.8, 4) is 5.75 Å². The molecule has 30 heavy (non-hydrogen) atoms. The number of benzene rings is 2. The molecule has 0 aliphatic heterocycles. The van der Waals surface area contributed by atoms with Crippen LogP contribution >= 0.6 is 11.6 Å². The van der Waals surface area contributed by atoms with Crippen LogP contribution in [0, 0.1) is 20.8 Å². The molecular weight excluding hydrogens is 424 g/mol. The molecule has 2 N–H and O–H groups in total. The van der Waals surface area contributed by atoms with E-state index in [1.807, 2.05) is 40.7 Å². The van der Waals surface area contributed by atoms with Crippen molar-refractivity contribution in [3.05, 3.63) is 57.6 Å². The molecule has 2 atom stereocenters. The molecule has 0 aliphatic carbocycles. The second kappa shape index (κ2) is 9.81. The number of aryl methyl sites for hydroxylation is 3. The van der Waals surface area contributed by atoms with Crippen LogP contribution in [0.5, 0.6) is 5.75 Å². The highest BCUT2D eigenvalue weighted by molar-refractivity contribution is 7.89. The molecule has 0 radical (unpaired) electrons. The predicted octanol–water partition coefficient (Wildman–Crippen LogP) is 4.21. The molecule has 6 nitrogen and oxygen atoms in total. The quantitative estimate of drug-likeness (QED) is 0.628. The Morgan fingerprint density at radius 1 is 1.07 bits per heavy atom. The Morgan fingerprint density at radius 3 is 2.30 bits per heavy atom. The van der Waals surface area contributed by atoms with Gasteiger partial charge in [-0.2, -0.15) is 4.72 Å². The molecular formula is C22H29ClN2O4S. The van der Waals surface area contributed by atoms with Crippen LogP contribution < -0.4 is 14.8 Å². The number of halogens is 1. The van der Waals surface area contributed by atoms with Gasteiger partial charge in [0.25, 0.3) is 0 Å². The molecule has 8 heteroatoms. The average molecular weight is 453 g/mol. The number of hydrogen-bond acceptors (Lipinski definition) is 4. The fourth-order valence-electron chi connectivity index (χ4n) is 3.14. The average Bonchev–Trinajstić information content (AvgIpc) is 2.65. The minimum atomic E-state index is -3.93. The van der Waals surface area contributed by atoms with Gasteiger partial charge in [0.2, 0.25) is 15.9 Å². The third kappa shape index (κ3) is 5.74. The molecule has 1 amide bonds. The van der Waals surface area contributed by atoms with E-state index in [2.05, 4.69) is 16.1 Å². The molecule has 0 saturated heterocycles. The molecule has 164 valence electrons. The van der Waals surface area contributed by atoms with Crippen molar-refractivity contribution in [2.75, 3.05) is 6.61 Å². The Bertz CT molecular complexity index is 1040. The monoisotopic (exact) mass is 452 g/mol. The summed E-state index contributed by atoms with van der Waals surface area (Å²) in [5, 5.41) is 3.07. The van der Waals surface area contributed by atoms with Crippen LogP contribution in [-0.2, 0) is 14.8 Å². The van der Waals surface area contributed by atoms with E-state index in [1.54, 1.807) is 0 Å². The maximum atomic E-state index is 12.7. The van der Waals surface area contributed by atoms with Gasteiger partial charge in [0.05, 0.1) is 28.6 Å². The Balaban J connectivity index is 2.11. The van der Waals surface area contributed by atoms with Crippen LogP contribution in [0.2, 0.25) is 5.02 Å². The van der Waals surface area contributed by atoms with Crippen molar-refractivity contribution in [1.29, 1.82) is 0 Å². The summed E-state index contributed by atoms with van der Waals surface area (Å²) in [5.41, 5.74) is 4.39. The zero-order valence-corrected chi connectivity index (χ0v) is 19.7. The largest absolute Gasteiger partial charge is 0.492 e.